The summed E-state index contributed by atoms with van der Waals surface area (Å²) in [4.78, 5) is 17.4. The topological polar surface area (TPSA) is 81.1 Å². The second kappa shape index (κ2) is 10.3. The Labute approximate surface area is 209 Å². The molecule has 0 saturated heterocycles. The number of thiocarbonyl (C=S) groups is 1. The van der Waals surface area contributed by atoms with E-state index in [2.05, 4.69) is 20.7 Å². The largest absolute Gasteiger partial charge is 0.465 e. The van der Waals surface area contributed by atoms with Gasteiger partial charge in [-0.2, -0.15) is 0 Å². The van der Waals surface area contributed by atoms with Crippen molar-refractivity contribution in [3.63, 3.8) is 0 Å². The van der Waals surface area contributed by atoms with Gasteiger partial charge in [-0.1, -0.05) is 59.6 Å². The van der Waals surface area contributed by atoms with E-state index in [-0.39, 0.29) is 5.11 Å². The lowest BCUT2D eigenvalue weighted by molar-refractivity contribution is 0.0602. The molecule has 4 rings (SSSR count). The molecule has 0 aliphatic rings. The molecule has 0 amide bonds. The first kappa shape index (κ1) is 23.2. The molecular formula is C22H17Cl2N5O2S2. The molecule has 0 bridgehead atoms. The maximum atomic E-state index is 12.3. The Morgan fingerprint density at radius 2 is 1.94 bits per heavy atom. The molecule has 168 valence electrons. The molecule has 11 heteroatoms. The van der Waals surface area contributed by atoms with Gasteiger partial charge in [0.2, 0.25) is 5.95 Å². The molecule has 0 unspecified atom stereocenters. The van der Waals surface area contributed by atoms with Crippen LogP contribution in [-0.2, 0) is 11.3 Å². The molecule has 0 spiro atoms. The third-order valence-electron chi connectivity index (χ3n) is 4.53. The summed E-state index contributed by atoms with van der Waals surface area (Å²) in [6.07, 6.45) is 1.56. The summed E-state index contributed by atoms with van der Waals surface area (Å²) < 4.78 is 6.54. The number of rotatable bonds is 6. The molecule has 2 heterocycles. The van der Waals surface area contributed by atoms with Gasteiger partial charge in [-0.15, -0.1) is 16.4 Å². The number of ether oxygens (including phenoxy) is 1. The summed E-state index contributed by atoms with van der Waals surface area (Å²) in [6, 6.07) is 16.8. The standard InChI is InChI=1S/C22H17Cl2N5O2S2/c1-31-20(30)16-10-18(13-5-3-2-4-6-13)33-19(16)26-22(32)27-21-25-12-29(28-21)11-14-7-8-15(23)9-17(14)24/h2-10,12H,11H2,1H3,(H2,26,27,28,32). The lowest BCUT2D eigenvalue weighted by atomic mass is 10.1. The molecule has 2 aromatic carbocycles. The summed E-state index contributed by atoms with van der Waals surface area (Å²) in [7, 11) is 1.34. The average molecular weight is 518 g/mol. The molecule has 0 saturated carbocycles. The zero-order chi connectivity index (χ0) is 23.4. The first-order chi connectivity index (χ1) is 15.9. The van der Waals surface area contributed by atoms with E-state index >= 15 is 0 Å². The number of aromatic nitrogens is 3. The number of methoxy groups -OCH3 is 1. The molecule has 0 aliphatic carbocycles. The Morgan fingerprint density at radius 3 is 2.67 bits per heavy atom. The summed E-state index contributed by atoms with van der Waals surface area (Å²) >= 11 is 19.0. The highest BCUT2D eigenvalue weighted by Gasteiger charge is 2.19. The Balaban J connectivity index is 1.47. The number of thiophene rings is 1. The minimum Gasteiger partial charge on any atom is -0.465 e. The second-order valence-corrected chi connectivity index (χ2v) is 9.10. The molecular weight excluding hydrogens is 501 g/mol. The van der Waals surface area contributed by atoms with E-state index in [1.165, 1.54) is 18.4 Å². The van der Waals surface area contributed by atoms with E-state index in [4.69, 9.17) is 40.2 Å². The fourth-order valence-corrected chi connectivity index (χ4v) is 4.76. The molecule has 0 aliphatic heterocycles. The van der Waals surface area contributed by atoms with Crippen molar-refractivity contribution in [1.82, 2.24) is 14.8 Å². The maximum Gasteiger partial charge on any atom is 0.340 e. The molecule has 4 aromatic rings. The SMILES string of the molecule is COC(=O)c1cc(-c2ccccc2)sc1NC(=S)Nc1ncn(Cc2ccc(Cl)cc2Cl)n1. The Morgan fingerprint density at radius 1 is 1.15 bits per heavy atom. The summed E-state index contributed by atoms with van der Waals surface area (Å²) in [5, 5.41) is 12.3. The predicted molar refractivity (Wildman–Crippen MR) is 137 cm³/mol. The van der Waals surface area contributed by atoms with E-state index in [1.54, 1.807) is 29.2 Å². The Hall–Kier alpha value is -2.98. The highest BCUT2D eigenvalue weighted by atomic mass is 35.5. The molecule has 0 fully saturated rings. The number of carbonyl (C=O) groups excluding carboxylic acids is 1. The molecule has 2 aromatic heterocycles. The van der Waals surface area contributed by atoms with E-state index in [1.807, 2.05) is 36.4 Å². The third kappa shape index (κ3) is 5.69. The average Bonchev–Trinajstić information content (AvgIpc) is 3.42. The predicted octanol–water partition coefficient (Wildman–Crippen LogP) is 5.96. The van der Waals surface area contributed by atoms with Crippen LogP contribution >= 0.6 is 46.8 Å². The summed E-state index contributed by atoms with van der Waals surface area (Å²) in [5.41, 5.74) is 2.23. The number of esters is 1. The fraction of sp³-hybridized carbons (Fsp3) is 0.0909. The minimum absolute atomic E-state index is 0.240. The van der Waals surface area contributed by atoms with E-state index in [0.717, 1.165) is 16.0 Å². The van der Waals surface area contributed by atoms with Crippen molar-refractivity contribution in [2.45, 2.75) is 6.54 Å². The normalized spacial score (nSPS) is 10.6. The zero-order valence-electron chi connectivity index (χ0n) is 17.2. The van der Waals surface area contributed by atoms with Gasteiger partial charge in [0.05, 0.1) is 19.2 Å². The van der Waals surface area contributed by atoms with Crippen LogP contribution in [0, 0.1) is 0 Å². The van der Waals surface area contributed by atoms with Gasteiger partial charge < -0.3 is 10.1 Å². The fourth-order valence-electron chi connectivity index (χ4n) is 2.98. The number of halogens is 2. The first-order valence-corrected chi connectivity index (χ1v) is 11.6. The van der Waals surface area contributed by atoms with E-state index < -0.39 is 5.97 Å². The monoisotopic (exact) mass is 517 g/mol. The molecule has 7 nitrogen and oxygen atoms in total. The van der Waals surface area contributed by atoms with Gasteiger partial charge in [-0.05, 0) is 41.5 Å². The Kier molecular flexibility index (Phi) is 7.24. The summed E-state index contributed by atoms with van der Waals surface area (Å²) in [5.74, 6) is -0.155. The van der Waals surface area contributed by atoms with Crippen molar-refractivity contribution < 1.29 is 9.53 Å². The van der Waals surface area contributed by atoms with Gasteiger partial charge >= 0.3 is 5.97 Å². The number of nitrogens with one attached hydrogen (secondary N) is 2. The van der Waals surface area contributed by atoms with Gasteiger partial charge in [-0.3, -0.25) is 5.32 Å². The number of benzene rings is 2. The van der Waals surface area contributed by atoms with E-state index in [0.29, 0.717) is 33.1 Å². The number of hydrogen-bond donors (Lipinski definition) is 2. The zero-order valence-corrected chi connectivity index (χ0v) is 20.4. The highest BCUT2D eigenvalue weighted by molar-refractivity contribution is 7.80. The first-order valence-electron chi connectivity index (χ1n) is 9.62. The van der Waals surface area contributed by atoms with E-state index in [9.17, 15) is 4.79 Å². The minimum atomic E-state index is -0.457. The van der Waals surface area contributed by atoms with Crippen LogP contribution in [0.4, 0.5) is 10.9 Å². The van der Waals surface area contributed by atoms with Crippen LogP contribution in [0.15, 0.2) is 60.9 Å². The van der Waals surface area contributed by atoms with Crippen LogP contribution in [0.1, 0.15) is 15.9 Å². The van der Waals surface area contributed by atoms with Crippen LogP contribution in [0.3, 0.4) is 0 Å². The summed E-state index contributed by atoms with van der Waals surface area (Å²) in [6.45, 7) is 0.419. The van der Waals surface area contributed by atoms with Crippen LogP contribution < -0.4 is 10.6 Å². The van der Waals surface area contributed by atoms with Gasteiger partial charge in [0.15, 0.2) is 5.11 Å². The Bertz CT molecular complexity index is 1310. The lowest BCUT2D eigenvalue weighted by Crippen LogP contribution is -2.20. The third-order valence-corrected chi connectivity index (χ3v) is 6.42. The second-order valence-electron chi connectivity index (χ2n) is 6.79. The van der Waals surface area contributed by atoms with Crippen LogP contribution in [-0.4, -0.2) is 33.0 Å². The van der Waals surface area contributed by atoms with Gasteiger partial charge in [0.25, 0.3) is 0 Å². The molecule has 0 atom stereocenters. The quantitative estimate of drug-likeness (QED) is 0.241. The van der Waals surface area contributed by atoms with Crippen LogP contribution in [0.25, 0.3) is 10.4 Å². The van der Waals surface area contributed by atoms with Gasteiger partial charge in [0, 0.05) is 14.9 Å². The van der Waals surface area contributed by atoms with Crippen molar-refractivity contribution >= 4 is 68.8 Å². The number of carbonyl (C=O) groups is 1. The van der Waals surface area contributed by atoms with Crippen molar-refractivity contribution in [3.8, 4) is 10.4 Å². The highest BCUT2D eigenvalue weighted by Crippen LogP contribution is 2.36. The van der Waals surface area contributed by atoms with Crippen molar-refractivity contribution in [2.24, 2.45) is 0 Å². The van der Waals surface area contributed by atoms with Crippen LogP contribution in [0.5, 0.6) is 0 Å². The van der Waals surface area contributed by atoms with Crippen molar-refractivity contribution in [2.75, 3.05) is 17.7 Å². The lowest BCUT2D eigenvalue weighted by Gasteiger charge is -2.08. The maximum absolute atomic E-state index is 12.3. The number of nitrogens with zero attached hydrogens (tertiary/aromatic N) is 3. The van der Waals surface area contributed by atoms with Crippen LogP contribution in [0.2, 0.25) is 10.0 Å². The molecule has 33 heavy (non-hydrogen) atoms. The van der Waals surface area contributed by atoms with Crippen molar-refractivity contribution in [1.29, 1.82) is 0 Å². The molecule has 2 N–H and O–H groups in total. The van der Waals surface area contributed by atoms with Gasteiger partial charge in [-0.25, -0.2) is 14.5 Å². The number of hydrogen-bond acceptors (Lipinski definition) is 6. The number of anilines is 2. The smallest absolute Gasteiger partial charge is 0.340 e. The molecule has 0 radical (unpaired) electrons. The van der Waals surface area contributed by atoms with Gasteiger partial charge in [0.1, 0.15) is 11.3 Å². The van der Waals surface area contributed by atoms with Crippen molar-refractivity contribution in [3.05, 3.63) is 82.1 Å².